The summed E-state index contributed by atoms with van der Waals surface area (Å²) in [5.41, 5.74) is 7.03. The van der Waals surface area contributed by atoms with Gasteiger partial charge in [-0.1, -0.05) is 29.3 Å². The highest BCUT2D eigenvalue weighted by Gasteiger charge is 2.20. The second-order valence-corrected chi connectivity index (χ2v) is 8.80. The number of aliphatic hydroxyl groups is 1. The molecule has 0 aliphatic heterocycles. The maximum Gasteiger partial charge on any atom is 0.255 e. The van der Waals surface area contributed by atoms with Crippen molar-refractivity contribution in [2.24, 2.45) is 0 Å². The predicted molar refractivity (Wildman–Crippen MR) is 130 cm³/mol. The number of benzene rings is 1. The van der Waals surface area contributed by atoms with Gasteiger partial charge >= 0.3 is 0 Å². The van der Waals surface area contributed by atoms with Gasteiger partial charge in [0.05, 0.1) is 24.9 Å². The smallest absolute Gasteiger partial charge is 0.255 e. The number of halogens is 1. The van der Waals surface area contributed by atoms with Crippen LogP contribution in [-0.2, 0) is 13.1 Å². The number of nitrogen functional groups attached to an aromatic ring is 1. The van der Waals surface area contributed by atoms with E-state index in [0.717, 1.165) is 5.56 Å². The van der Waals surface area contributed by atoms with Gasteiger partial charge in [-0.25, -0.2) is 19.0 Å². The molecule has 0 bridgehead atoms. The molecule has 3 N–H and O–H groups in total. The normalized spacial score (nSPS) is 11.4. The van der Waals surface area contributed by atoms with Crippen molar-refractivity contribution < 1.29 is 9.50 Å². The molecule has 35 heavy (non-hydrogen) atoms. The number of pyridine rings is 1. The van der Waals surface area contributed by atoms with Gasteiger partial charge in [-0.2, -0.15) is 0 Å². The standard InChI is InChI=1S/C25H24FN7O2/c1-5-16-8-6-10-18(15(16)2)23-28-21(20(26)22(27)29-23)19-13-33(31-30-19)12-17-9-7-11-32(24(17)34)14-25(3,4)35/h1,6-11,13,35H,12,14H2,2-4H3,(H2,27,28,29). The predicted octanol–water partition coefficient (Wildman–Crippen LogP) is 2.39. The van der Waals surface area contributed by atoms with E-state index >= 15 is 0 Å². The van der Waals surface area contributed by atoms with Crippen LogP contribution in [0.3, 0.4) is 0 Å². The van der Waals surface area contributed by atoms with Gasteiger partial charge in [0, 0.05) is 22.9 Å². The Labute approximate surface area is 201 Å². The van der Waals surface area contributed by atoms with Crippen LogP contribution in [0.5, 0.6) is 0 Å². The molecule has 1 aromatic carbocycles. The zero-order valence-corrected chi connectivity index (χ0v) is 19.5. The Kier molecular flexibility index (Phi) is 6.20. The molecule has 0 amide bonds. The minimum absolute atomic E-state index is 0.0941. The van der Waals surface area contributed by atoms with Gasteiger partial charge in [-0.3, -0.25) is 4.79 Å². The van der Waals surface area contributed by atoms with E-state index in [4.69, 9.17) is 12.2 Å². The van der Waals surface area contributed by atoms with E-state index in [1.54, 1.807) is 50.4 Å². The Morgan fingerprint density at radius 2 is 2.00 bits per heavy atom. The van der Waals surface area contributed by atoms with E-state index in [9.17, 15) is 14.3 Å². The molecule has 4 aromatic rings. The number of terminal acetylenes is 1. The summed E-state index contributed by atoms with van der Waals surface area (Å²) in [7, 11) is 0. The number of hydrogen-bond acceptors (Lipinski definition) is 7. The highest BCUT2D eigenvalue weighted by Crippen LogP contribution is 2.28. The minimum atomic E-state index is -1.05. The zero-order chi connectivity index (χ0) is 25.3. The van der Waals surface area contributed by atoms with Crippen LogP contribution in [0.2, 0.25) is 0 Å². The average molecular weight is 474 g/mol. The summed E-state index contributed by atoms with van der Waals surface area (Å²) < 4.78 is 17.7. The first-order chi connectivity index (χ1) is 16.6. The molecule has 0 saturated heterocycles. The highest BCUT2D eigenvalue weighted by atomic mass is 19.1. The Balaban J connectivity index is 1.69. The first-order valence-electron chi connectivity index (χ1n) is 10.8. The van der Waals surface area contributed by atoms with E-state index < -0.39 is 11.4 Å². The van der Waals surface area contributed by atoms with Crippen molar-refractivity contribution in [1.82, 2.24) is 29.5 Å². The quantitative estimate of drug-likeness (QED) is 0.412. The van der Waals surface area contributed by atoms with Crippen LogP contribution < -0.4 is 11.3 Å². The summed E-state index contributed by atoms with van der Waals surface area (Å²) in [5.74, 6) is 1.65. The molecule has 0 spiro atoms. The van der Waals surface area contributed by atoms with Gasteiger partial charge in [0.1, 0.15) is 11.4 Å². The third-order valence-electron chi connectivity index (χ3n) is 5.38. The molecule has 0 aliphatic rings. The lowest BCUT2D eigenvalue weighted by Gasteiger charge is -2.19. The molecule has 0 fully saturated rings. The van der Waals surface area contributed by atoms with Gasteiger partial charge in [-0.15, -0.1) is 11.5 Å². The van der Waals surface area contributed by atoms with Crippen LogP contribution in [0.1, 0.15) is 30.5 Å². The number of nitrogens with zero attached hydrogens (tertiary/aromatic N) is 6. The van der Waals surface area contributed by atoms with Crippen molar-refractivity contribution in [3.63, 3.8) is 0 Å². The summed E-state index contributed by atoms with van der Waals surface area (Å²) in [6.07, 6.45) is 8.64. The number of hydrogen-bond donors (Lipinski definition) is 2. The summed E-state index contributed by atoms with van der Waals surface area (Å²) in [4.78, 5) is 21.2. The third-order valence-corrected chi connectivity index (χ3v) is 5.38. The SMILES string of the molecule is C#Cc1cccc(-c2nc(N)c(F)c(-c3cn(Cc4cccn(CC(C)(C)O)c4=O)nn3)n2)c1C. The van der Waals surface area contributed by atoms with Crippen LogP contribution in [0, 0.1) is 25.1 Å². The minimum Gasteiger partial charge on any atom is -0.389 e. The number of rotatable bonds is 6. The van der Waals surface area contributed by atoms with Crippen LogP contribution in [0.25, 0.3) is 22.8 Å². The molecule has 4 rings (SSSR count). The molecular formula is C25H24FN7O2. The molecule has 9 nitrogen and oxygen atoms in total. The number of anilines is 1. The molecule has 0 radical (unpaired) electrons. The summed E-state index contributed by atoms with van der Waals surface area (Å²) in [6, 6.07) is 8.70. The second kappa shape index (κ2) is 9.12. The molecular weight excluding hydrogens is 449 g/mol. The van der Waals surface area contributed by atoms with E-state index in [2.05, 4.69) is 26.2 Å². The van der Waals surface area contributed by atoms with Crippen molar-refractivity contribution in [3.8, 4) is 35.1 Å². The maximum atomic E-state index is 14.9. The fraction of sp³-hybridized carbons (Fsp3) is 0.240. The summed E-state index contributed by atoms with van der Waals surface area (Å²) in [6.45, 7) is 5.30. The highest BCUT2D eigenvalue weighted by molar-refractivity contribution is 5.69. The second-order valence-electron chi connectivity index (χ2n) is 8.80. The Morgan fingerprint density at radius 3 is 2.71 bits per heavy atom. The third kappa shape index (κ3) is 4.95. The molecule has 3 heterocycles. The summed E-state index contributed by atoms with van der Waals surface area (Å²) in [5, 5.41) is 18.1. The van der Waals surface area contributed by atoms with Crippen molar-refractivity contribution in [1.29, 1.82) is 0 Å². The van der Waals surface area contributed by atoms with Gasteiger partial charge in [-0.05, 0) is 38.5 Å². The Morgan fingerprint density at radius 1 is 1.23 bits per heavy atom. The van der Waals surface area contributed by atoms with Crippen LogP contribution in [-0.4, -0.2) is 40.2 Å². The van der Waals surface area contributed by atoms with Gasteiger partial charge in [0.15, 0.2) is 17.5 Å². The molecule has 10 heteroatoms. The molecule has 3 aromatic heterocycles. The van der Waals surface area contributed by atoms with Crippen LogP contribution in [0.15, 0.2) is 47.5 Å². The van der Waals surface area contributed by atoms with Gasteiger partial charge in [0.2, 0.25) is 0 Å². The number of nitrogens with two attached hydrogens (primary N) is 1. The molecule has 0 aliphatic carbocycles. The summed E-state index contributed by atoms with van der Waals surface area (Å²) >= 11 is 0. The van der Waals surface area contributed by atoms with Crippen LogP contribution in [0.4, 0.5) is 10.2 Å². The van der Waals surface area contributed by atoms with Crippen LogP contribution >= 0.6 is 0 Å². The lowest BCUT2D eigenvalue weighted by molar-refractivity contribution is 0.0603. The zero-order valence-electron chi connectivity index (χ0n) is 19.5. The maximum absolute atomic E-state index is 14.9. The molecule has 0 saturated carbocycles. The van der Waals surface area contributed by atoms with E-state index in [-0.39, 0.29) is 41.7 Å². The van der Waals surface area contributed by atoms with Crippen molar-refractivity contribution in [2.75, 3.05) is 5.73 Å². The van der Waals surface area contributed by atoms with E-state index in [1.165, 1.54) is 15.4 Å². The first-order valence-corrected chi connectivity index (χ1v) is 10.8. The average Bonchev–Trinajstić information content (AvgIpc) is 3.26. The molecule has 0 atom stereocenters. The molecule has 178 valence electrons. The topological polar surface area (TPSA) is 125 Å². The fourth-order valence-electron chi connectivity index (χ4n) is 3.70. The first kappa shape index (κ1) is 23.8. The van der Waals surface area contributed by atoms with E-state index in [1.807, 2.05) is 6.92 Å². The monoisotopic (exact) mass is 473 g/mol. The Hall–Kier alpha value is -4.36. The Bertz CT molecular complexity index is 1510. The van der Waals surface area contributed by atoms with Crippen molar-refractivity contribution in [2.45, 2.75) is 39.5 Å². The fourth-order valence-corrected chi connectivity index (χ4v) is 3.70. The molecule has 0 unspecified atom stereocenters. The van der Waals surface area contributed by atoms with Gasteiger partial charge in [0.25, 0.3) is 5.56 Å². The number of aromatic nitrogens is 6. The lowest BCUT2D eigenvalue weighted by atomic mass is 10.0. The van der Waals surface area contributed by atoms with Gasteiger partial charge < -0.3 is 15.4 Å². The lowest BCUT2D eigenvalue weighted by Crippen LogP contribution is -2.34. The van der Waals surface area contributed by atoms with Crippen molar-refractivity contribution in [3.05, 3.63) is 75.6 Å². The van der Waals surface area contributed by atoms with E-state index in [0.29, 0.717) is 16.7 Å². The van der Waals surface area contributed by atoms with Crippen molar-refractivity contribution >= 4 is 5.82 Å². The largest absolute Gasteiger partial charge is 0.389 e.